The highest BCUT2D eigenvalue weighted by Crippen LogP contribution is 2.34. The predicted molar refractivity (Wildman–Crippen MR) is 117 cm³/mol. The van der Waals surface area contributed by atoms with Gasteiger partial charge in [-0.05, 0) is 49.3 Å². The van der Waals surface area contributed by atoms with Crippen LogP contribution in [0.25, 0.3) is 0 Å². The number of hydrogen-bond acceptors (Lipinski definition) is 5. The van der Waals surface area contributed by atoms with Crippen molar-refractivity contribution in [2.45, 2.75) is 44.8 Å². The number of likely N-dealkylation sites (tertiary alicyclic amines) is 1. The van der Waals surface area contributed by atoms with Crippen LogP contribution in [0.4, 0.5) is 0 Å². The summed E-state index contributed by atoms with van der Waals surface area (Å²) >= 11 is 0. The Hall–Kier alpha value is -2.38. The van der Waals surface area contributed by atoms with E-state index in [1.165, 1.54) is 11.1 Å². The van der Waals surface area contributed by atoms with Crippen LogP contribution >= 0.6 is 0 Å². The molecule has 4 rings (SSSR count). The topological polar surface area (TPSA) is 65.8 Å². The van der Waals surface area contributed by atoms with Crippen molar-refractivity contribution in [2.75, 3.05) is 40.5 Å². The normalized spacial score (nSPS) is 19.3. The van der Waals surface area contributed by atoms with Crippen LogP contribution in [0.1, 0.15) is 42.1 Å². The largest absolute Gasteiger partial charge is 0.496 e. The summed E-state index contributed by atoms with van der Waals surface area (Å²) in [7, 11) is 3.38. The molecule has 0 spiro atoms. The van der Waals surface area contributed by atoms with E-state index in [-0.39, 0.29) is 5.92 Å². The molecule has 0 radical (unpaired) electrons. The number of methoxy groups -OCH3 is 2. The minimum Gasteiger partial charge on any atom is -0.496 e. The Morgan fingerprint density at radius 1 is 1.16 bits per heavy atom. The second kappa shape index (κ2) is 10.3. The monoisotopic (exact) mass is 427 g/mol. The fraction of sp³-hybridized carbons (Fsp3) is 0.583. The lowest BCUT2D eigenvalue weighted by atomic mass is 9.82. The van der Waals surface area contributed by atoms with Crippen molar-refractivity contribution in [1.29, 1.82) is 0 Å². The maximum atomic E-state index is 13.3. The van der Waals surface area contributed by atoms with E-state index in [0.717, 1.165) is 56.8 Å². The molecule has 7 heteroatoms. The van der Waals surface area contributed by atoms with Gasteiger partial charge in [-0.25, -0.2) is 4.98 Å². The van der Waals surface area contributed by atoms with Crippen LogP contribution in [0, 0.1) is 5.92 Å². The summed E-state index contributed by atoms with van der Waals surface area (Å²) < 4.78 is 18.3. The molecule has 1 aliphatic heterocycles. The summed E-state index contributed by atoms with van der Waals surface area (Å²) in [6, 6.07) is 6.19. The van der Waals surface area contributed by atoms with Gasteiger partial charge < -0.3 is 23.7 Å². The maximum absolute atomic E-state index is 13.3. The molecule has 1 fully saturated rings. The van der Waals surface area contributed by atoms with Crippen LogP contribution < -0.4 is 4.74 Å². The zero-order chi connectivity index (χ0) is 21.6. The van der Waals surface area contributed by atoms with Gasteiger partial charge in [0, 0.05) is 44.4 Å². The summed E-state index contributed by atoms with van der Waals surface area (Å²) in [4.78, 5) is 19.9. The second-order valence-corrected chi connectivity index (χ2v) is 8.42. The molecule has 7 nitrogen and oxygen atoms in total. The smallest absolute Gasteiger partial charge is 0.226 e. The molecule has 31 heavy (non-hydrogen) atoms. The zero-order valence-corrected chi connectivity index (χ0v) is 18.6. The molecule has 2 aliphatic rings. The Kier molecular flexibility index (Phi) is 7.25. The molecule has 0 bridgehead atoms. The standard InChI is InChI=1S/C24H33N3O4/c1-29-14-15-31-17-27-13-10-25-23(27)19-8-11-26(12-9-19)24(28)20-7-6-18-4-3-5-22(30-2)21(18)16-20/h3-5,10,13,19-20H,6-9,11-12,14-17H2,1-2H3. The van der Waals surface area contributed by atoms with Crippen molar-refractivity contribution in [3.05, 3.63) is 47.5 Å². The van der Waals surface area contributed by atoms with Crippen LogP contribution in [0.3, 0.4) is 0 Å². The Balaban J connectivity index is 1.32. The second-order valence-electron chi connectivity index (χ2n) is 8.42. The molecular weight excluding hydrogens is 394 g/mol. The van der Waals surface area contributed by atoms with Gasteiger partial charge in [-0.3, -0.25) is 4.79 Å². The summed E-state index contributed by atoms with van der Waals surface area (Å²) in [6.45, 7) is 3.21. The van der Waals surface area contributed by atoms with Crippen LogP contribution in [0.15, 0.2) is 30.6 Å². The Morgan fingerprint density at radius 3 is 2.77 bits per heavy atom. The maximum Gasteiger partial charge on any atom is 0.226 e. The predicted octanol–water partition coefficient (Wildman–Crippen LogP) is 3.02. The summed E-state index contributed by atoms with van der Waals surface area (Å²) in [5.74, 6) is 2.67. The van der Waals surface area contributed by atoms with Crippen molar-refractivity contribution >= 4 is 5.91 Å². The van der Waals surface area contributed by atoms with Crippen molar-refractivity contribution in [3.8, 4) is 5.75 Å². The molecule has 0 saturated carbocycles. The highest BCUT2D eigenvalue weighted by Gasteiger charge is 2.33. The number of ether oxygens (including phenoxy) is 3. The molecule has 1 amide bonds. The molecular formula is C24H33N3O4. The third-order valence-electron chi connectivity index (χ3n) is 6.59. The number of carbonyl (C=O) groups excluding carboxylic acids is 1. The molecule has 1 aromatic carbocycles. The molecule has 1 unspecified atom stereocenters. The van der Waals surface area contributed by atoms with E-state index >= 15 is 0 Å². The highest BCUT2D eigenvalue weighted by molar-refractivity contribution is 5.80. The van der Waals surface area contributed by atoms with Crippen LogP contribution in [0.2, 0.25) is 0 Å². The number of piperidine rings is 1. The number of carbonyl (C=O) groups is 1. The zero-order valence-electron chi connectivity index (χ0n) is 18.6. The van der Waals surface area contributed by atoms with Gasteiger partial charge in [0.15, 0.2) is 0 Å². The fourth-order valence-corrected chi connectivity index (χ4v) is 4.87. The number of fused-ring (bicyclic) bond motifs is 1. The first kappa shape index (κ1) is 21.8. The van der Waals surface area contributed by atoms with Crippen molar-refractivity contribution < 1.29 is 19.0 Å². The average molecular weight is 428 g/mol. The third-order valence-corrected chi connectivity index (χ3v) is 6.59. The summed E-state index contributed by atoms with van der Waals surface area (Å²) in [5, 5.41) is 0. The van der Waals surface area contributed by atoms with Crippen LogP contribution in [0.5, 0.6) is 5.75 Å². The van der Waals surface area contributed by atoms with E-state index in [2.05, 4.69) is 20.5 Å². The molecule has 2 heterocycles. The number of imidazole rings is 1. The first-order chi connectivity index (χ1) is 15.2. The van der Waals surface area contributed by atoms with Gasteiger partial charge in [-0.1, -0.05) is 12.1 Å². The van der Waals surface area contributed by atoms with E-state index in [9.17, 15) is 4.79 Å². The number of benzene rings is 1. The van der Waals surface area contributed by atoms with Gasteiger partial charge >= 0.3 is 0 Å². The Labute approximate surface area is 184 Å². The lowest BCUT2D eigenvalue weighted by Crippen LogP contribution is -2.43. The van der Waals surface area contributed by atoms with E-state index in [4.69, 9.17) is 14.2 Å². The van der Waals surface area contributed by atoms with E-state index in [0.29, 0.717) is 31.8 Å². The first-order valence-electron chi connectivity index (χ1n) is 11.2. The fourth-order valence-electron chi connectivity index (χ4n) is 4.87. The van der Waals surface area contributed by atoms with E-state index in [1.807, 2.05) is 24.5 Å². The number of aryl methyl sites for hydroxylation is 1. The lowest BCUT2D eigenvalue weighted by molar-refractivity contribution is -0.137. The Morgan fingerprint density at radius 2 is 2.00 bits per heavy atom. The minimum absolute atomic E-state index is 0.0523. The van der Waals surface area contributed by atoms with Crippen LogP contribution in [-0.2, 0) is 33.8 Å². The van der Waals surface area contributed by atoms with Crippen molar-refractivity contribution in [2.24, 2.45) is 5.92 Å². The molecule has 0 N–H and O–H groups in total. The molecule has 1 saturated heterocycles. The van der Waals surface area contributed by atoms with Crippen LogP contribution in [-0.4, -0.2) is 60.9 Å². The van der Waals surface area contributed by atoms with Gasteiger partial charge in [0.25, 0.3) is 0 Å². The van der Waals surface area contributed by atoms with Gasteiger partial charge in [0.2, 0.25) is 5.91 Å². The number of aromatic nitrogens is 2. The molecule has 1 aliphatic carbocycles. The highest BCUT2D eigenvalue weighted by atomic mass is 16.5. The third kappa shape index (κ3) is 4.93. The van der Waals surface area contributed by atoms with Gasteiger partial charge in [0.1, 0.15) is 18.3 Å². The SMILES string of the molecule is COCCOCn1ccnc1C1CCN(C(=O)C2CCc3cccc(OC)c3C2)CC1. The molecule has 2 aromatic rings. The first-order valence-corrected chi connectivity index (χ1v) is 11.2. The number of amides is 1. The summed E-state index contributed by atoms with van der Waals surface area (Å²) in [5.41, 5.74) is 2.53. The summed E-state index contributed by atoms with van der Waals surface area (Å²) in [6.07, 6.45) is 8.32. The molecule has 1 atom stereocenters. The molecule has 1 aromatic heterocycles. The molecule has 168 valence electrons. The lowest BCUT2D eigenvalue weighted by Gasteiger charge is -2.35. The van der Waals surface area contributed by atoms with Gasteiger partial charge in [0.05, 0.1) is 20.3 Å². The van der Waals surface area contributed by atoms with Gasteiger partial charge in [-0.2, -0.15) is 0 Å². The van der Waals surface area contributed by atoms with Gasteiger partial charge in [-0.15, -0.1) is 0 Å². The minimum atomic E-state index is 0.0523. The Bertz CT molecular complexity index is 859. The number of hydrogen-bond donors (Lipinski definition) is 0. The number of rotatable bonds is 8. The van der Waals surface area contributed by atoms with Crippen molar-refractivity contribution in [1.82, 2.24) is 14.5 Å². The van der Waals surface area contributed by atoms with Crippen molar-refractivity contribution in [3.63, 3.8) is 0 Å². The van der Waals surface area contributed by atoms with E-state index in [1.54, 1.807) is 14.2 Å². The quantitative estimate of drug-likeness (QED) is 0.606. The van der Waals surface area contributed by atoms with E-state index < -0.39 is 0 Å². The number of nitrogens with zero attached hydrogens (tertiary/aromatic N) is 3. The average Bonchev–Trinajstić information content (AvgIpc) is 3.29.